The highest BCUT2D eigenvalue weighted by atomic mass is 19.4. The van der Waals surface area contributed by atoms with Gasteiger partial charge in [0.15, 0.2) is 0 Å². The molecule has 0 radical (unpaired) electrons. The van der Waals surface area contributed by atoms with Gasteiger partial charge in [0.05, 0.1) is 6.04 Å². The van der Waals surface area contributed by atoms with Gasteiger partial charge in [0.25, 0.3) is 0 Å². The molecule has 0 spiro atoms. The van der Waals surface area contributed by atoms with E-state index < -0.39 is 24.7 Å². The quantitative estimate of drug-likeness (QED) is 0.831. The molecular weight excluding hydrogens is 283 g/mol. The van der Waals surface area contributed by atoms with Crippen molar-refractivity contribution < 1.29 is 18.0 Å². The fourth-order valence-corrected chi connectivity index (χ4v) is 2.50. The van der Waals surface area contributed by atoms with Crippen molar-refractivity contribution in [2.75, 3.05) is 26.7 Å². The average Bonchev–Trinajstić information content (AvgIpc) is 2.77. The normalized spacial score (nSPS) is 19.6. The van der Waals surface area contributed by atoms with Gasteiger partial charge in [-0.25, -0.2) is 0 Å². The van der Waals surface area contributed by atoms with Crippen molar-refractivity contribution in [1.82, 2.24) is 14.8 Å². The van der Waals surface area contributed by atoms with Crippen LogP contribution in [0.5, 0.6) is 0 Å². The van der Waals surface area contributed by atoms with E-state index in [1.165, 1.54) is 0 Å². The number of nitrogens with zero attached hydrogens (tertiary/aromatic N) is 3. The largest absolute Gasteiger partial charge is 0.406 e. The number of hydrogen-bond acceptors (Lipinski definition) is 3. The maximum atomic E-state index is 12.4. The van der Waals surface area contributed by atoms with E-state index in [0.29, 0.717) is 19.4 Å². The van der Waals surface area contributed by atoms with E-state index in [-0.39, 0.29) is 6.54 Å². The second-order valence-electron chi connectivity index (χ2n) is 5.23. The third-order valence-corrected chi connectivity index (χ3v) is 3.62. The lowest BCUT2D eigenvalue weighted by molar-refractivity contribution is -0.158. The van der Waals surface area contributed by atoms with E-state index >= 15 is 0 Å². The zero-order valence-electron chi connectivity index (χ0n) is 11.8. The van der Waals surface area contributed by atoms with E-state index in [1.54, 1.807) is 13.2 Å². The van der Waals surface area contributed by atoms with Crippen LogP contribution < -0.4 is 0 Å². The van der Waals surface area contributed by atoms with Gasteiger partial charge in [0.2, 0.25) is 5.91 Å². The molecule has 7 heteroatoms. The van der Waals surface area contributed by atoms with E-state index in [4.69, 9.17) is 0 Å². The van der Waals surface area contributed by atoms with Crippen LogP contribution in [0.3, 0.4) is 0 Å². The molecule has 4 nitrogen and oxygen atoms in total. The number of pyridine rings is 1. The predicted molar refractivity (Wildman–Crippen MR) is 71.6 cm³/mol. The molecule has 21 heavy (non-hydrogen) atoms. The van der Waals surface area contributed by atoms with Gasteiger partial charge >= 0.3 is 6.18 Å². The highest BCUT2D eigenvalue weighted by Gasteiger charge is 2.40. The summed E-state index contributed by atoms with van der Waals surface area (Å²) in [4.78, 5) is 18.9. The highest BCUT2D eigenvalue weighted by molar-refractivity contribution is 5.84. The van der Waals surface area contributed by atoms with Crippen LogP contribution in [-0.2, 0) is 11.2 Å². The van der Waals surface area contributed by atoms with Crippen LogP contribution in [0.2, 0.25) is 0 Å². The molecular formula is C14H18F3N3O. The summed E-state index contributed by atoms with van der Waals surface area (Å²) in [6, 6.07) is 5.13. The van der Waals surface area contributed by atoms with Crippen molar-refractivity contribution in [3.8, 4) is 0 Å². The Balaban J connectivity index is 1.86. The summed E-state index contributed by atoms with van der Waals surface area (Å²) < 4.78 is 37.1. The zero-order chi connectivity index (χ0) is 15.5. The van der Waals surface area contributed by atoms with Gasteiger partial charge in [-0.2, -0.15) is 13.2 Å². The molecule has 2 heterocycles. The van der Waals surface area contributed by atoms with Gasteiger partial charge in [0, 0.05) is 31.4 Å². The SMILES string of the molecule is CN(CCc1ccccn1)C1CCN(CC(F)(F)F)C1=O. The standard InChI is InChI=1S/C14H18F3N3O/c1-19(8-5-11-4-2-3-7-18-11)12-6-9-20(13(12)21)10-14(15,16)17/h2-4,7,12H,5-6,8-10H2,1H3. The maximum absolute atomic E-state index is 12.4. The first-order chi connectivity index (χ1) is 9.87. The first kappa shape index (κ1) is 15.8. The molecule has 1 unspecified atom stereocenters. The zero-order valence-corrected chi connectivity index (χ0v) is 11.8. The lowest BCUT2D eigenvalue weighted by Gasteiger charge is -2.24. The molecule has 1 aliphatic heterocycles. The van der Waals surface area contributed by atoms with E-state index in [0.717, 1.165) is 10.6 Å². The van der Waals surface area contributed by atoms with E-state index in [1.807, 2.05) is 23.1 Å². The summed E-state index contributed by atoms with van der Waals surface area (Å²) in [7, 11) is 1.77. The summed E-state index contributed by atoms with van der Waals surface area (Å²) >= 11 is 0. The second-order valence-corrected chi connectivity index (χ2v) is 5.23. The monoisotopic (exact) mass is 301 g/mol. The molecule has 1 fully saturated rings. The Morgan fingerprint density at radius 3 is 2.81 bits per heavy atom. The van der Waals surface area contributed by atoms with Gasteiger partial charge in [-0.3, -0.25) is 14.7 Å². The number of hydrogen-bond donors (Lipinski definition) is 0. The van der Waals surface area contributed by atoms with Gasteiger partial charge in [-0.15, -0.1) is 0 Å². The van der Waals surface area contributed by atoms with Crippen molar-refractivity contribution in [3.05, 3.63) is 30.1 Å². The molecule has 2 rings (SSSR count). The molecule has 0 bridgehead atoms. The Bertz CT molecular complexity index is 478. The number of likely N-dealkylation sites (N-methyl/N-ethyl adjacent to an activating group) is 1. The summed E-state index contributed by atoms with van der Waals surface area (Å²) in [5.74, 6) is -0.434. The summed E-state index contributed by atoms with van der Waals surface area (Å²) in [5.41, 5.74) is 0.905. The first-order valence-electron chi connectivity index (χ1n) is 6.82. The number of likely N-dealkylation sites (tertiary alicyclic amines) is 1. The van der Waals surface area contributed by atoms with Crippen LogP contribution in [0, 0.1) is 0 Å². The van der Waals surface area contributed by atoms with Crippen molar-refractivity contribution in [1.29, 1.82) is 0 Å². The molecule has 0 N–H and O–H groups in total. The third-order valence-electron chi connectivity index (χ3n) is 3.62. The lowest BCUT2D eigenvalue weighted by atomic mass is 10.2. The van der Waals surface area contributed by atoms with Gasteiger partial charge in [-0.1, -0.05) is 6.07 Å². The average molecular weight is 301 g/mol. The van der Waals surface area contributed by atoms with Crippen LogP contribution in [0.4, 0.5) is 13.2 Å². The fraction of sp³-hybridized carbons (Fsp3) is 0.571. The number of halogens is 3. The smallest absolute Gasteiger partial charge is 0.332 e. The Hall–Kier alpha value is -1.63. The van der Waals surface area contributed by atoms with Crippen LogP contribution >= 0.6 is 0 Å². The number of amides is 1. The molecule has 116 valence electrons. The first-order valence-corrected chi connectivity index (χ1v) is 6.82. The number of carbonyl (C=O) groups is 1. The van der Waals surface area contributed by atoms with Crippen LogP contribution in [-0.4, -0.2) is 59.6 Å². The van der Waals surface area contributed by atoms with Gasteiger partial charge < -0.3 is 4.90 Å². The van der Waals surface area contributed by atoms with Gasteiger partial charge in [-0.05, 0) is 25.6 Å². The molecule has 1 atom stereocenters. The molecule has 1 aliphatic rings. The van der Waals surface area contributed by atoms with Crippen molar-refractivity contribution in [3.63, 3.8) is 0 Å². The van der Waals surface area contributed by atoms with Crippen molar-refractivity contribution in [2.24, 2.45) is 0 Å². The summed E-state index contributed by atoms with van der Waals surface area (Å²) in [6.45, 7) is -0.402. The minimum Gasteiger partial charge on any atom is -0.332 e. The van der Waals surface area contributed by atoms with Crippen molar-refractivity contribution in [2.45, 2.75) is 25.1 Å². The van der Waals surface area contributed by atoms with Crippen molar-refractivity contribution >= 4 is 5.91 Å². The van der Waals surface area contributed by atoms with E-state index in [9.17, 15) is 18.0 Å². The lowest BCUT2D eigenvalue weighted by Crippen LogP contribution is -2.43. The van der Waals surface area contributed by atoms with Crippen LogP contribution in [0.25, 0.3) is 0 Å². The minimum atomic E-state index is -4.34. The number of rotatable bonds is 5. The molecule has 0 saturated carbocycles. The number of alkyl halides is 3. The molecule has 1 amide bonds. The number of carbonyl (C=O) groups excluding carboxylic acids is 1. The van der Waals surface area contributed by atoms with E-state index in [2.05, 4.69) is 4.98 Å². The Morgan fingerprint density at radius 2 is 2.19 bits per heavy atom. The summed E-state index contributed by atoms with van der Waals surface area (Å²) in [5, 5.41) is 0. The van der Waals surface area contributed by atoms with Gasteiger partial charge in [0.1, 0.15) is 6.54 Å². The topological polar surface area (TPSA) is 36.4 Å². The minimum absolute atomic E-state index is 0.164. The maximum Gasteiger partial charge on any atom is 0.406 e. The molecule has 0 aliphatic carbocycles. The predicted octanol–water partition coefficient (Wildman–Crippen LogP) is 1.72. The number of aromatic nitrogens is 1. The molecule has 1 saturated heterocycles. The Labute approximate surface area is 121 Å². The highest BCUT2D eigenvalue weighted by Crippen LogP contribution is 2.22. The molecule has 1 aromatic heterocycles. The summed E-state index contributed by atoms with van der Waals surface area (Å²) in [6.07, 6.45) is -1.54. The van der Waals surface area contributed by atoms with Crippen LogP contribution in [0.15, 0.2) is 24.4 Å². The Kier molecular flexibility index (Phi) is 4.82. The second kappa shape index (κ2) is 6.43. The molecule has 0 aromatic carbocycles. The third kappa shape index (κ3) is 4.42. The van der Waals surface area contributed by atoms with Crippen LogP contribution in [0.1, 0.15) is 12.1 Å². The molecule has 1 aromatic rings. The Morgan fingerprint density at radius 1 is 1.43 bits per heavy atom. The fourth-order valence-electron chi connectivity index (χ4n) is 2.50.